The molecule has 2 N–H and O–H groups in total. The van der Waals surface area contributed by atoms with E-state index in [-0.39, 0.29) is 29.7 Å². The number of benzene rings is 1. The molecule has 0 atom stereocenters. The fraction of sp³-hybridized carbons (Fsp3) is 0.562. The summed E-state index contributed by atoms with van der Waals surface area (Å²) in [7, 11) is 0.255. The maximum absolute atomic E-state index is 11.6. The number of hydrogen-bond acceptors (Lipinski definition) is 3. The van der Waals surface area contributed by atoms with Crippen LogP contribution in [-0.4, -0.2) is 58.2 Å². The Labute approximate surface area is 163 Å². The van der Waals surface area contributed by atoms with Gasteiger partial charge in [-0.2, -0.15) is 0 Å². The van der Waals surface area contributed by atoms with Gasteiger partial charge in [0.2, 0.25) is 10.0 Å². The minimum Gasteiger partial charge on any atom is -0.356 e. The Morgan fingerprint density at radius 3 is 2.38 bits per heavy atom. The Bertz CT molecular complexity index is 579. The second kappa shape index (κ2) is 12.5. The minimum absolute atomic E-state index is 0. The Hall–Kier alpha value is -0.870. The number of rotatable bonds is 9. The minimum atomic E-state index is -3.09. The molecule has 1 rings (SSSR count). The summed E-state index contributed by atoms with van der Waals surface area (Å²) in [6.07, 6.45) is 1.66. The van der Waals surface area contributed by atoms with E-state index in [1.54, 1.807) is 21.0 Å². The molecule has 0 aliphatic carbocycles. The van der Waals surface area contributed by atoms with Crippen molar-refractivity contribution in [1.29, 1.82) is 0 Å². The van der Waals surface area contributed by atoms with Crippen LogP contribution in [0.4, 0.5) is 0 Å². The Morgan fingerprint density at radius 1 is 1.17 bits per heavy atom. The lowest BCUT2D eigenvalue weighted by Crippen LogP contribution is -2.39. The number of nitrogens with zero attached hydrogens (tertiary/aromatic N) is 2. The van der Waals surface area contributed by atoms with Gasteiger partial charge < -0.3 is 10.6 Å². The molecule has 1 aromatic rings. The van der Waals surface area contributed by atoms with E-state index in [1.807, 2.05) is 18.2 Å². The first kappa shape index (κ1) is 23.1. The van der Waals surface area contributed by atoms with E-state index in [9.17, 15) is 8.42 Å². The first-order chi connectivity index (χ1) is 11.0. The van der Waals surface area contributed by atoms with Gasteiger partial charge in [0.25, 0.3) is 0 Å². The zero-order chi connectivity index (χ0) is 17.1. The molecule has 0 bridgehead atoms. The van der Waals surface area contributed by atoms with Gasteiger partial charge in [-0.1, -0.05) is 30.3 Å². The van der Waals surface area contributed by atoms with Crippen LogP contribution in [0.25, 0.3) is 0 Å². The molecular formula is C16H29IN4O2S. The molecule has 0 aromatic heterocycles. The smallest absolute Gasteiger partial charge is 0.213 e. The van der Waals surface area contributed by atoms with Crippen LogP contribution < -0.4 is 10.6 Å². The summed E-state index contributed by atoms with van der Waals surface area (Å²) < 4.78 is 24.7. The summed E-state index contributed by atoms with van der Waals surface area (Å²) in [5, 5.41) is 6.45. The van der Waals surface area contributed by atoms with E-state index in [1.165, 1.54) is 9.87 Å². The summed E-state index contributed by atoms with van der Waals surface area (Å²) >= 11 is 0. The molecule has 24 heavy (non-hydrogen) atoms. The van der Waals surface area contributed by atoms with E-state index in [4.69, 9.17) is 0 Å². The monoisotopic (exact) mass is 468 g/mol. The molecule has 0 aliphatic heterocycles. The van der Waals surface area contributed by atoms with Gasteiger partial charge in [0.05, 0.1) is 5.75 Å². The Morgan fingerprint density at radius 2 is 1.79 bits per heavy atom. The van der Waals surface area contributed by atoms with Gasteiger partial charge in [0.15, 0.2) is 5.96 Å². The SMILES string of the molecule is CCS(=O)(=O)N(C)CCCNC(=NC)NCCc1ccccc1.I. The highest BCUT2D eigenvalue weighted by atomic mass is 127. The molecule has 0 radical (unpaired) electrons. The second-order valence-corrected chi connectivity index (χ2v) is 7.60. The molecule has 0 aliphatic rings. The second-order valence-electron chi connectivity index (χ2n) is 5.24. The topological polar surface area (TPSA) is 73.8 Å². The first-order valence-corrected chi connectivity index (χ1v) is 9.53. The number of aliphatic imine (C=N–C) groups is 1. The quantitative estimate of drug-likeness (QED) is 0.251. The van der Waals surface area contributed by atoms with Crippen LogP contribution in [0.2, 0.25) is 0 Å². The van der Waals surface area contributed by atoms with Crippen LogP contribution in [0.5, 0.6) is 0 Å². The molecule has 6 nitrogen and oxygen atoms in total. The van der Waals surface area contributed by atoms with Crippen LogP contribution in [-0.2, 0) is 16.4 Å². The van der Waals surface area contributed by atoms with Crippen molar-refractivity contribution in [3.63, 3.8) is 0 Å². The number of halogens is 1. The van der Waals surface area contributed by atoms with Gasteiger partial charge in [0, 0.05) is 33.7 Å². The number of nitrogens with one attached hydrogen (secondary N) is 2. The number of sulfonamides is 1. The van der Waals surface area contributed by atoms with Gasteiger partial charge in [0.1, 0.15) is 0 Å². The average Bonchev–Trinajstić information content (AvgIpc) is 2.57. The van der Waals surface area contributed by atoms with Gasteiger partial charge >= 0.3 is 0 Å². The molecule has 0 saturated heterocycles. The fourth-order valence-electron chi connectivity index (χ4n) is 2.06. The lowest BCUT2D eigenvalue weighted by molar-refractivity contribution is 0.461. The lowest BCUT2D eigenvalue weighted by atomic mass is 10.1. The van der Waals surface area contributed by atoms with Crippen molar-refractivity contribution < 1.29 is 8.42 Å². The highest BCUT2D eigenvalue weighted by Gasteiger charge is 2.13. The highest BCUT2D eigenvalue weighted by Crippen LogP contribution is 1.99. The van der Waals surface area contributed by atoms with E-state index in [0.717, 1.165) is 25.3 Å². The maximum atomic E-state index is 11.6. The summed E-state index contributed by atoms with van der Waals surface area (Å²) in [4.78, 5) is 4.16. The fourth-order valence-corrected chi connectivity index (χ4v) is 2.91. The summed E-state index contributed by atoms with van der Waals surface area (Å²) in [6, 6.07) is 10.3. The van der Waals surface area contributed by atoms with Gasteiger partial charge in [-0.25, -0.2) is 12.7 Å². The van der Waals surface area contributed by atoms with Crippen molar-refractivity contribution >= 4 is 40.0 Å². The molecular weight excluding hydrogens is 439 g/mol. The van der Waals surface area contributed by atoms with E-state index in [2.05, 4.69) is 27.8 Å². The van der Waals surface area contributed by atoms with Crippen LogP contribution in [0, 0.1) is 0 Å². The normalized spacial score (nSPS) is 11.9. The lowest BCUT2D eigenvalue weighted by Gasteiger charge is -2.16. The molecule has 1 aromatic carbocycles. The van der Waals surface area contributed by atoms with Crippen molar-refractivity contribution in [2.24, 2.45) is 4.99 Å². The standard InChI is InChI=1S/C16H28N4O2S.HI/c1-4-23(21,22)20(3)14-8-12-18-16(17-2)19-13-11-15-9-6-5-7-10-15;/h5-7,9-10H,4,8,11-14H2,1-3H3,(H2,17,18,19);1H. The predicted octanol–water partition coefficient (Wildman–Crippen LogP) is 1.68. The van der Waals surface area contributed by atoms with Gasteiger partial charge in [-0.3, -0.25) is 4.99 Å². The molecule has 0 unspecified atom stereocenters. The van der Waals surface area contributed by atoms with Crippen molar-refractivity contribution in [3.8, 4) is 0 Å². The zero-order valence-corrected chi connectivity index (χ0v) is 17.8. The largest absolute Gasteiger partial charge is 0.356 e. The van der Waals surface area contributed by atoms with Gasteiger partial charge in [-0.05, 0) is 25.3 Å². The van der Waals surface area contributed by atoms with Gasteiger partial charge in [-0.15, -0.1) is 24.0 Å². The number of guanidine groups is 1. The molecule has 0 amide bonds. The Balaban J connectivity index is 0.00000529. The summed E-state index contributed by atoms with van der Waals surface area (Å²) in [6.45, 7) is 3.63. The van der Waals surface area contributed by atoms with Crippen molar-refractivity contribution in [1.82, 2.24) is 14.9 Å². The molecule has 0 saturated carbocycles. The predicted molar refractivity (Wildman–Crippen MR) is 112 cm³/mol. The molecule has 138 valence electrons. The van der Waals surface area contributed by atoms with Crippen LogP contribution in [0.3, 0.4) is 0 Å². The van der Waals surface area contributed by atoms with Crippen LogP contribution in [0.1, 0.15) is 18.9 Å². The average molecular weight is 468 g/mol. The zero-order valence-electron chi connectivity index (χ0n) is 14.7. The maximum Gasteiger partial charge on any atom is 0.213 e. The molecule has 8 heteroatoms. The van der Waals surface area contributed by atoms with Crippen molar-refractivity contribution in [2.45, 2.75) is 19.8 Å². The van der Waals surface area contributed by atoms with E-state index >= 15 is 0 Å². The van der Waals surface area contributed by atoms with Crippen LogP contribution in [0.15, 0.2) is 35.3 Å². The van der Waals surface area contributed by atoms with Crippen molar-refractivity contribution in [3.05, 3.63) is 35.9 Å². The van der Waals surface area contributed by atoms with Crippen molar-refractivity contribution in [2.75, 3.05) is 39.5 Å². The first-order valence-electron chi connectivity index (χ1n) is 7.92. The summed E-state index contributed by atoms with van der Waals surface area (Å²) in [5.74, 6) is 0.876. The number of hydrogen-bond donors (Lipinski definition) is 2. The third kappa shape index (κ3) is 8.84. The van der Waals surface area contributed by atoms with E-state index in [0.29, 0.717) is 13.1 Å². The highest BCUT2D eigenvalue weighted by molar-refractivity contribution is 14.0. The van der Waals surface area contributed by atoms with Crippen LogP contribution >= 0.6 is 24.0 Å². The third-order valence-corrected chi connectivity index (χ3v) is 5.42. The third-order valence-electron chi connectivity index (χ3n) is 3.55. The molecule has 0 spiro atoms. The Kier molecular flexibility index (Phi) is 12.0. The summed E-state index contributed by atoms with van der Waals surface area (Å²) in [5.41, 5.74) is 1.28. The van der Waals surface area contributed by atoms with E-state index < -0.39 is 10.0 Å². The molecule has 0 fully saturated rings. The molecule has 0 heterocycles.